The number of amides is 2. The van der Waals surface area contributed by atoms with Crippen LogP contribution in [0.1, 0.15) is 41.9 Å². The molecule has 0 aliphatic carbocycles. The van der Waals surface area contributed by atoms with E-state index in [0.717, 1.165) is 48.6 Å². The standard InChI is InChI=1S/C22H25F2N7O2S.C9H10O/c1-5-9-31(6-2)10-7-8-26-21(32)29-22-27-13(3)18(34-22)20-28-19(30-33-20)14-11-17(25-4)16(24)12-15(14)23;1-2-8-4-3-5-9(6-8)7-10/h5-6,9,11-12,25H,2,7-8,10H2,1,3-4H3,(H2,26,27,29,32);3-7H,2H2,1H3/b9-5-;. The van der Waals surface area contributed by atoms with Gasteiger partial charge in [-0.05, 0) is 56.8 Å². The topological polar surface area (TPSA) is 125 Å². The summed E-state index contributed by atoms with van der Waals surface area (Å²) in [7, 11) is 1.52. The first-order valence-corrected chi connectivity index (χ1v) is 14.6. The van der Waals surface area contributed by atoms with Crippen molar-refractivity contribution in [2.75, 3.05) is 30.8 Å². The van der Waals surface area contributed by atoms with Crippen LogP contribution in [0.4, 0.5) is 24.4 Å². The first kappa shape index (κ1) is 33.6. The van der Waals surface area contributed by atoms with E-state index in [-0.39, 0.29) is 23.0 Å². The Bertz CT molecular complexity index is 1600. The number of nitrogens with zero attached hydrogens (tertiary/aromatic N) is 4. The number of aromatic nitrogens is 3. The van der Waals surface area contributed by atoms with E-state index in [1.165, 1.54) is 18.7 Å². The molecule has 0 saturated carbocycles. The lowest BCUT2D eigenvalue weighted by Crippen LogP contribution is -2.30. The number of aryl methyl sites for hydroxylation is 2. The summed E-state index contributed by atoms with van der Waals surface area (Å²) in [5, 5.41) is 12.2. The quantitative estimate of drug-likeness (QED) is 0.113. The summed E-state index contributed by atoms with van der Waals surface area (Å²) in [5.74, 6) is -1.46. The first-order valence-electron chi connectivity index (χ1n) is 13.8. The second-order valence-electron chi connectivity index (χ2n) is 9.27. The van der Waals surface area contributed by atoms with E-state index in [0.29, 0.717) is 22.2 Å². The van der Waals surface area contributed by atoms with E-state index >= 15 is 0 Å². The third-order valence-corrected chi connectivity index (χ3v) is 7.21. The van der Waals surface area contributed by atoms with Crippen LogP contribution in [-0.4, -0.2) is 52.5 Å². The van der Waals surface area contributed by atoms with Gasteiger partial charge in [0.25, 0.3) is 5.89 Å². The zero-order valence-corrected chi connectivity index (χ0v) is 25.8. The lowest BCUT2D eigenvalue weighted by atomic mass is 10.1. The van der Waals surface area contributed by atoms with Gasteiger partial charge >= 0.3 is 6.03 Å². The van der Waals surface area contributed by atoms with Gasteiger partial charge in [0.2, 0.25) is 5.82 Å². The summed E-state index contributed by atoms with van der Waals surface area (Å²) >= 11 is 1.14. The predicted molar refractivity (Wildman–Crippen MR) is 170 cm³/mol. The Hall–Kier alpha value is -4.91. The van der Waals surface area contributed by atoms with Crippen LogP contribution in [0.2, 0.25) is 0 Å². The van der Waals surface area contributed by atoms with Gasteiger partial charge in [0, 0.05) is 31.8 Å². The molecular weight excluding hydrogens is 588 g/mol. The van der Waals surface area contributed by atoms with Crippen molar-refractivity contribution in [3.8, 4) is 22.2 Å². The van der Waals surface area contributed by atoms with Crippen LogP contribution < -0.4 is 16.0 Å². The number of hydrogen-bond donors (Lipinski definition) is 3. The highest BCUT2D eigenvalue weighted by molar-refractivity contribution is 7.19. The zero-order chi connectivity index (χ0) is 32.1. The molecule has 4 rings (SSSR count). The maximum Gasteiger partial charge on any atom is 0.321 e. The summed E-state index contributed by atoms with van der Waals surface area (Å²) in [6.07, 6.45) is 8.12. The third kappa shape index (κ3) is 9.30. The number of carbonyl (C=O) groups is 2. The molecule has 2 amide bonds. The van der Waals surface area contributed by atoms with Gasteiger partial charge in [-0.15, -0.1) is 0 Å². The van der Waals surface area contributed by atoms with Gasteiger partial charge in [-0.2, -0.15) is 4.98 Å². The molecule has 0 saturated heterocycles. The second kappa shape index (κ2) is 16.7. The van der Waals surface area contributed by atoms with Crippen molar-refractivity contribution >= 4 is 34.5 Å². The molecule has 2 aromatic heterocycles. The fourth-order valence-corrected chi connectivity index (χ4v) is 4.78. The van der Waals surface area contributed by atoms with E-state index in [2.05, 4.69) is 44.6 Å². The van der Waals surface area contributed by atoms with Gasteiger partial charge in [0.05, 0.1) is 16.9 Å². The molecular formula is C31H35F2N7O3S. The van der Waals surface area contributed by atoms with Crippen molar-refractivity contribution in [3.63, 3.8) is 0 Å². The molecule has 3 N–H and O–H groups in total. The minimum absolute atomic E-state index is 0.00917. The van der Waals surface area contributed by atoms with Crippen LogP contribution in [0.15, 0.2) is 66.0 Å². The lowest BCUT2D eigenvalue weighted by molar-refractivity contribution is 0.112. The normalized spacial score (nSPS) is 10.6. The number of urea groups is 1. The third-order valence-electron chi connectivity index (χ3n) is 6.15. The molecule has 0 aliphatic rings. The summed E-state index contributed by atoms with van der Waals surface area (Å²) in [6, 6.07) is 9.28. The summed E-state index contributed by atoms with van der Waals surface area (Å²) in [4.78, 5) is 33.5. The van der Waals surface area contributed by atoms with Gasteiger partial charge in [0.15, 0.2) is 5.13 Å². The Morgan fingerprint density at radius 1 is 1.18 bits per heavy atom. The molecule has 0 fully saturated rings. The summed E-state index contributed by atoms with van der Waals surface area (Å²) in [5.41, 5.74) is 2.63. The van der Waals surface area contributed by atoms with Crippen molar-refractivity contribution in [2.24, 2.45) is 0 Å². The van der Waals surface area contributed by atoms with Crippen LogP contribution in [0, 0.1) is 18.6 Å². The SMILES string of the molecule is C=CN(/C=C\C)CCCNC(=O)Nc1nc(C)c(-c2nc(-c3cc(NC)c(F)cc3F)no2)s1.CCc1cccc(C=O)c1. The number of anilines is 2. The molecule has 0 spiro atoms. The van der Waals surface area contributed by atoms with Crippen molar-refractivity contribution in [3.05, 3.63) is 89.9 Å². The zero-order valence-electron chi connectivity index (χ0n) is 25.0. The molecule has 232 valence electrons. The molecule has 0 unspecified atom stereocenters. The molecule has 0 radical (unpaired) electrons. The molecule has 0 aliphatic heterocycles. The van der Waals surface area contributed by atoms with Crippen molar-refractivity contribution in [1.29, 1.82) is 0 Å². The van der Waals surface area contributed by atoms with E-state index in [9.17, 15) is 18.4 Å². The highest BCUT2D eigenvalue weighted by Gasteiger charge is 2.21. The van der Waals surface area contributed by atoms with Gasteiger partial charge < -0.3 is 20.1 Å². The van der Waals surface area contributed by atoms with E-state index in [4.69, 9.17) is 4.52 Å². The Balaban J connectivity index is 0.000000448. The number of benzene rings is 2. The van der Waals surface area contributed by atoms with Crippen LogP contribution >= 0.6 is 11.3 Å². The maximum atomic E-state index is 14.3. The average Bonchev–Trinajstić information content (AvgIpc) is 3.65. The maximum absolute atomic E-state index is 14.3. The summed E-state index contributed by atoms with van der Waals surface area (Å²) < 4.78 is 33.3. The van der Waals surface area contributed by atoms with Gasteiger partial charge in [-0.1, -0.05) is 54.3 Å². The van der Waals surface area contributed by atoms with Crippen LogP contribution in [-0.2, 0) is 6.42 Å². The van der Waals surface area contributed by atoms with Crippen molar-refractivity contribution in [2.45, 2.75) is 33.6 Å². The molecule has 4 aromatic rings. The Morgan fingerprint density at radius 3 is 2.66 bits per heavy atom. The Kier molecular flexibility index (Phi) is 12.7. The van der Waals surface area contributed by atoms with Crippen molar-refractivity contribution < 1.29 is 22.9 Å². The highest BCUT2D eigenvalue weighted by atomic mass is 32.1. The first-order chi connectivity index (χ1) is 21.2. The van der Waals surface area contributed by atoms with Gasteiger partial charge in [0.1, 0.15) is 22.8 Å². The largest absolute Gasteiger partial charge is 0.386 e. The fraction of sp³-hybridized carbons (Fsp3) is 0.258. The molecule has 44 heavy (non-hydrogen) atoms. The van der Waals surface area contributed by atoms with Crippen LogP contribution in [0.3, 0.4) is 0 Å². The number of hydrogen-bond acceptors (Lipinski definition) is 9. The van der Waals surface area contributed by atoms with Crippen LogP contribution in [0.25, 0.3) is 22.2 Å². The highest BCUT2D eigenvalue weighted by Crippen LogP contribution is 2.34. The average molecular weight is 624 g/mol. The number of carbonyl (C=O) groups excluding carboxylic acids is 2. The van der Waals surface area contributed by atoms with Crippen molar-refractivity contribution in [1.82, 2.24) is 25.3 Å². The molecule has 0 atom stereocenters. The summed E-state index contributed by atoms with van der Waals surface area (Å²) in [6.45, 7) is 10.6. The van der Waals surface area contributed by atoms with E-state index < -0.39 is 17.7 Å². The fourth-order valence-electron chi connectivity index (χ4n) is 3.89. The minimum Gasteiger partial charge on any atom is -0.386 e. The number of nitrogens with one attached hydrogen (secondary N) is 3. The van der Waals surface area contributed by atoms with E-state index in [1.54, 1.807) is 13.1 Å². The number of thiazole rings is 1. The monoisotopic (exact) mass is 623 g/mol. The number of rotatable bonds is 12. The minimum atomic E-state index is -0.814. The van der Waals surface area contributed by atoms with Gasteiger partial charge in [-0.25, -0.2) is 18.6 Å². The second-order valence-corrected chi connectivity index (χ2v) is 10.3. The number of allylic oxidation sites excluding steroid dienone is 1. The molecule has 13 heteroatoms. The number of halogens is 2. The Morgan fingerprint density at radius 2 is 1.98 bits per heavy atom. The molecule has 0 bridgehead atoms. The smallest absolute Gasteiger partial charge is 0.321 e. The molecule has 2 aromatic carbocycles. The van der Waals surface area contributed by atoms with E-state index in [1.807, 2.05) is 48.4 Å². The predicted octanol–water partition coefficient (Wildman–Crippen LogP) is 7.04. The number of aldehydes is 1. The van der Waals surface area contributed by atoms with Crippen LogP contribution in [0.5, 0.6) is 0 Å². The molecule has 10 nitrogen and oxygen atoms in total. The Labute approximate surface area is 258 Å². The molecule has 2 heterocycles. The lowest BCUT2D eigenvalue weighted by Gasteiger charge is -2.14. The van der Waals surface area contributed by atoms with Gasteiger partial charge in [-0.3, -0.25) is 10.1 Å².